The summed E-state index contributed by atoms with van der Waals surface area (Å²) in [5, 5.41) is 0.316. The maximum absolute atomic E-state index is 7.10. The molecule has 0 N–H and O–H groups in total. The minimum atomic E-state index is -1.99. The minimum absolute atomic E-state index is 0.0125. The molecule has 0 bridgehead atoms. The topological polar surface area (TPSA) is 27.7 Å². The van der Waals surface area contributed by atoms with Crippen molar-refractivity contribution in [3.8, 4) is 11.8 Å². The molecule has 3 rings (SSSR count). The van der Waals surface area contributed by atoms with Crippen molar-refractivity contribution >= 4 is 25.0 Å². The molecule has 6 heteroatoms. The second kappa shape index (κ2) is 14.6. The lowest BCUT2D eigenvalue weighted by Crippen LogP contribution is -2.49. The molecular weight excluding hydrogens is 637 g/mol. The highest BCUT2D eigenvalue weighted by Crippen LogP contribution is 2.57. The molecule has 2 fully saturated rings. The highest BCUT2D eigenvalue weighted by Gasteiger charge is 2.47. The van der Waals surface area contributed by atoms with Crippen molar-refractivity contribution in [1.82, 2.24) is 0 Å². The van der Waals surface area contributed by atoms with Gasteiger partial charge in [-0.15, -0.1) is 0 Å². The molecule has 3 aliphatic carbocycles. The molecule has 5 atom stereocenters. The van der Waals surface area contributed by atoms with E-state index >= 15 is 0 Å². The van der Waals surface area contributed by atoms with Crippen molar-refractivity contribution in [1.29, 1.82) is 0 Å². The number of rotatable bonds is 9. The Hall–Kier alpha value is -0.949. The summed E-state index contributed by atoms with van der Waals surface area (Å²) in [6.45, 7) is 44.1. The summed E-state index contributed by atoms with van der Waals surface area (Å²) in [4.78, 5) is 0. The van der Waals surface area contributed by atoms with Gasteiger partial charge in [0.15, 0.2) is 25.0 Å². The molecule has 3 aliphatic rings. The van der Waals surface area contributed by atoms with Gasteiger partial charge in [0.25, 0.3) is 0 Å². The molecule has 0 aromatic carbocycles. The number of allylic oxidation sites excluding steroid dienone is 5. The highest BCUT2D eigenvalue weighted by molar-refractivity contribution is 6.74. The molecule has 2 saturated carbocycles. The van der Waals surface area contributed by atoms with Gasteiger partial charge in [-0.25, -0.2) is 0 Å². The van der Waals surface area contributed by atoms with Gasteiger partial charge in [0.05, 0.1) is 12.2 Å². The summed E-state index contributed by atoms with van der Waals surface area (Å²) in [5.74, 6) is 8.02. The van der Waals surface area contributed by atoms with E-state index in [0.717, 1.165) is 25.7 Å². The number of hydrogen-bond acceptors (Lipinski definition) is 3. The van der Waals surface area contributed by atoms with Gasteiger partial charge in [-0.1, -0.05) is 103 Å². The van der Waals surface area contributed by atoms with Crippen LogP contribution < -0.4 is 0 Å². The summed E-state index contributed by atoms with van der Waals surface area (Å²) < 4.78 is 20.5. The third kappa shape index (κ3) is 10.1. The van der Waals surface area contributed by atoms with Crippen LogP contribution in [0.5, 0.6) is 0 Å². The lowest BCUT2D eigenvalue weighted by atomic mass is 9.62. The monoisotopic (exact) mass is 710 g/mol. The zero-order valence-corrected chi connectivity index (χ0v) is 37.4. The SMILES string of the molecule is C=C1C(=CC=C2CCC[C@]3(C)C([C@H](C)CC#CC(C)(C)O[Si](C)(C)C)=CC[C@@H]23)C[C@@H](O[Si](C)(C)C(C)(C)C)C[C@@H]1O[Si](C)(C)C(C)(C)C. The van der Waals surface area contributed by atoms with Crippen LogP contribution in [0.2, 0.25) is 55.9 Å². The first-order valence-corrected chi connectivity index (χ1v) is 28.2. The Morgan fingerprint density at radius 3 is 2.08 bits per heavy atom. The van der Waals surface area contributed by atoms with Crippen LogP contribution in [0, 0.1) is 29.1 Å². The van der Waals surface area contributed by atoms with E-state index in [2.05, 4.69) is 145 Å². The van der Waals surface area contributed by atoms with Gasteiger partial charge < -0.3 is 13.3 Å². The van der Waals surface area contributed by atoms with Crippen molar-refractivity contribution in [2.45, 2.75) is 188 Å². The summed E-state index contributed by atoms with van der Waals surface area (Å²) in [7, 11) is -5.58. The minimum Gasteiger partial charge on any atom is -0.413 e. The van der Waals surface area contributed by atoms with Crippen LogP contribution in [0.3, 0.4) is 0 Å². The lowest BCUT2D eigenvalue weighted by molar-refractivity contribution is 0.0969. The molecule has 3 nitrogen and oxygen atoms in total. The molecule has 0 unspecified atom stereocenters. The summed E-state index contributed by atoms with van der Waals surface area (Å²) in [6, 6.07) is 0. The molecule has 0 radical (unpaired) electrons. The second-order valence-electron chi connectivity index (χ2n) is 20.1. The third-order valence-corrected chi connectivity index (χ3v) is 22.4. The molecule has 0 aromatic heterocycles. The van der Waals surface area contributed by atoms with Gasteiger partial charge in [0.2, 0.25) is 0 Å². The van der Waals surface area contributed by atoms with E-state index in [1.807, 2.05) is 0 Å². The van der Waals surface area contributed by atoms with Crippen LogP contribution in [0.15, 0.2) is 47.1 Å². The van der Waals surface area contributed by atoms with E-state index in [9.17, 15) is 0 Å². The predicted octanol–water partition coefficient (Wildman–Crippen LogP) is 12.8. The zero-order valence-electron chi connectivity index (χ0n) is 34.4. The quantitative estimate of drug-likeness (QED) is 0.135. The van der Waals surface area contributed by atoms with Gasteiger partial charge in [-0.3, -0.25) is 0 Å². The average molecular weight is 711 g/mol. The molecule has 0 aliphatic heterocycles. The van der Waals surface area contributed by atoms with Crippen LogP contribution in [0.4, 0.5) is 0 Å². The Bertz CT molecular complexity index is 1330. The van der Waals surface area contributed by atoms with Crippen LogP contribution in [0.1, 0.15) is 114 Å². The fourth-order valence-corrected chi connectivity index (χ4v) is 12.0. The first-order valence-electron chi connectivity index (χ1n) is 18.9. The molecule has 0 aromatic rings. The van der Waals surface area contributed by atoms with E-state index in [-0.39, 0.29) is 33.3 Å². The smallest absolute Gasteiger partial charge is 0.192 e. The van der Waals surface area contributed by atoms with Gasteiger partial charge in [0.1, 0.15) is 5.60 Å². The molecule has 0 spiro atoms. The first kappa shape index (κ1) is 41.5. The Morgan fingerprint density at radius 2 is 1.52 bits per heavy atom. The van der Waals surface area contributed by atoms with Crippen LogP contribution in [0.25, 0.3) is 0 Å². The molecule has 48 heavy (non-hydrogen) atoms. The van der Waals surface area contributed by atoms with E-state index < -0.39 is 25.0 Å². The first-order chi connectivity index (χ1) is 21.6. The van der Waals surface area contributed by atoms with E-state index in [1.165, 1.54) is 30.4 Å². The molecular formula is C42H74O3Si3. The van der Waals surface area contributed by atoms with Crippen LogP contribution >= 0.6 is 0 Å². The van der Waals surface area contributed by atoms with Crippen LogP contribution in [-0.4, -0.2) is 42.8 Å². The van der Waals surface area contributed by atoms with E-state index in [0.29, 0.717) is 11.8 Å². The summed E-state index contributed by atoms with van der Waals surface area (Å²) >= 11 is 0. The fraction of sp³-hybridized carbons (Fsp3) is 0.762. The normalized spacial score (nSPS) is 28.6. The Labute approximate surface area is 301 Å². The van der Waals surface area contributed by atoms with E-state index in [4.69, 9.17) is 19.9 Å². The number of fused-ring (bicyclic) bond motifs is 1. The van der Waals surface area contributed by atoms with E-state index in [1.54, 1.807) is 11.1 Å². The zero-order chi connectivity index (χ0) is 36.7. The van der Waals surface area contributed by atoms with Gasteiger partial charge in [0, 0.05) is 12.8 Å². The van der Waals surface area contributed by atoms with Crippen molar-refractivity contribution in [2.75, 3.05) is 0 Å². The summed E-state index contributed by atoms with van der Waals surface area (Å²) in [6.07, 6.45) is 15.2. The fourth-order valence-electron chi connectivity index (χ4n) is 7.70. The third-order valence-electron chi connectivity index (χ3n) is 12.2. The maximum atomic E-state index is 7.10. The molecule has 0 heterocycles. The Kier molecular flexibility index (Phi) is 12.6. The second-order valence-corrected chi connectivity index (χ2v) is 34.1. The van der Waals surface area contributed by atoms with Gasteiger partial charge in [-0.2, -0.15) is 0 Å². The predicted molar refractivity (Wildman–Crippen MR) is 217 cm³/mol. The van der Waals surface area contributed by atoms with Crippen molar-refractivity contribution < 1.29 is 13.3 Å². The molecule has 0 amide bonds. The molecule has 272 valence electrons. The van der Waals surface area contributed by atoms with Gasteiger partial charge in [-0.05, 0) is 130 Å². The standard InChI is InChI=1S/C42H74O3Si3/c1-31(21-19-27-41(9,10)45-46(12,13)14)36-25-26-37-33(22-20-28-42(36,37)11)23-24-34-29-35(43-47(15,16)39(3,4)5)30-38(32(34)2)44-48(17,18)40(6,7)8/h23-25,31,35,37-38H,2,20-22,26,28-30H2,1,3-18H3/t31-,35-,37+,38+,42-/m1/s1. The lowest BCUT2D eigenvalue weighted by Gasteiger charge is -2.45. The highest BCUT2D eigenvalue weighted by atomic mass is 28.4. The number of hydrogen-bond donors (Lipinski definition) is 0. The van der Waals surface area contributed by atoms with Gasteiger partial charge >= 0.3 is 0 Å². The van der Waals surface area contributed by atoms with Crippen LogP contribution in [-0.2, 0) is 13.3 Å². The molecule has 0 saturated heterocycles. The average Bonchev–Trinajstić information content (AvgIpc) is 3.24. The maximum Gasteiger partial charge on any atom is 0.192 e. The Balaban J connectivity index is 1.86. The summed E-state index contributed by atoms with van der Waals surface area (Å²) in [5.41, 5.74) is 5.54. The largest absolute Gasteiger partial charge is 0.413 e. The van der Waals surface area contributed by atoms with Crippen molar-refractivity contribution in [2.24, 2.45) is 17.3 Å². The Morgan fingerprint density at radius 1 is 0.938 bits per heavy atom. The van der Waals surface area contributed by atoms with Crippen molar-refractivity contribution in [3.63, 3.8) is 0 Å². The van der Waals surface area contributed by atoms with Crippen molar-refractivity contribution in [3.05, 3.63) is 47.1 Å².